The molecule has 0 aromatic heterocycles. The number of benzene rings is 2. The van der Waals surface area contributed by atoms with Gasteiger partial charge in [0, 0.05) is 11.1 Å². The Balaban J connectivity index is 2.03. The Morgan fingerprint density at radius 1 is 1.27 bits per heavy atom. The molecule has 0 aliphatic carbocycles. The minimum atomic E-state index is -3.73. The van der Waals surface area contributed by atoms with Crippen LogP contribution in [0.4, 0.5) is 4.39 Å². The van der Waals surface area contributed by atoms with E-state index in [1.807, 2.05) is 0 Å². The average Bonchev–Trinajstić information content (AvgIpc) is 2.53. The maximum Gasteiger partial charge on any atom is 0.341 e. The van der Waals surface area contributed by atoms with Crippen molar-refractivity contribution in [3.63, 3.8) is 0 Å². The number of carboxylic acids is 1. The Kier molecular flexibility index (Phi) is 6.57. The van der Waals surface area contributed by atoms with E-state index < -0.39 is 34.5 Å². The van der Waals surface area contributed by atoms with Crippen LogP contribution in [0.25, 0.3) is 0 Å². The van der Waals surface area contributed by atoms with Crippen molar-refractivity contribution in [3.8, 4) is 5.75 Å². The van der Waals surface area contributed by atoms with Crippen molar-refractivity contribution in [2.24, 2.45) is 0 Å². The maximum absolute atomic E-state index is 13.9. The number of halogens is 2. The molecule has 140 valence electrons. The first kappa shape index (κ1) is 20.2. The summed E-state index contributed by atoms with van der Waals surface area (Å²) in [5.74, 6) is -2.10. The molecule has 26 heavy (non-hydrogen) atoms. The summed E-state index contributed by atoms with van der Waals surface area (Å²) in [6.07, 6.45) is 0.239. The molecule has 2 aromatic carbocycles. The van der Waals surface area contributed by atoms with Gasteiger partial charge in [0.25, 0.3) is 0 Å². The van der Waals surface area contributed by atoms with Crippen LogP contribution in [0.3, 0.4) is 0 Å². The number of hydrogen-bond donors (Lipinski definition) is 2. The van der Waals surface area contributed by atoms with Gasteiger partial charge in [0.05, 0.1) is 4.90 Å². The van der Waals surface area contributed by atoms with Crippen molar-refractivity contribution in [1.82, 2.24) is 4.72 Å². The van der Waals surface area contributed by atoms with Gasteiger partial charge in [-0.15, -0.1) is 0 Å². The van der Waals surface area contributed by atoms with Crippen molar-refractivity contribution in [1.29, 1.82) is 0 Å². The molecule has 0 amide bonds. The normalized spacial score (nSPS) is 12.6. The number of carbonyl (C=O) groups is 1. The third kappa shape index (κ3) is 5.69. The highest BCUT2D eigenvalue weighted by atomic mass is 35.5. The maximum atomic E-state index is 13.9. The fraction of sp³-hybridized carbons (Fsp3) is 0.235. The number of ether oxygens (including phenoxy) is 1. The summed E-state index contributed by atoms with van der Waals surface area (Å²) >= 11 is 5.75. The highest BCUT2D eigenvalue weighted by molar-refractivity contribution is 7.89. The Morgan fingerprint density at radius 2 is 1.92 bits per heavy atom. The second kappa shape index (κ2) is 8.48. The van der Waals surface area contributed by atoms with Crippen LogP contribution in [-0.4, -0.2) is 32.1 Å². The van der Waals surface area contributed by atoms with E-state index in [1.54, 1.807) is 13.0 Å². The molecule has 0 radical (unpaired) electrons. The molecule has 0 heterocycles. The van der Waals surface area contributed by atoms with Gasteiger partial charge < -0.3 is 9.84 Å². The molecular weight excluding hydrogens is 385 g/mol. The predicted molar refractivity (Wildman–Crippen MR) is 94.5 cm³/mol. The molecule has 0 fully saturated rings. The van der Waals surface area contributed by atoms with Gasteiger partial charge in [-0.3, -0.25) is 0 Å². The molecule has 0 aliphatic heterocycles. The molecule has 9 heteroatoms. The molecule has 2 aromatic rings. The van der Waals surface area contributed by atoms with E-state index in [-0.39, 0.29) is 17.1 Å². The second-order valence-electron chi connectivity index (χ2n) is 5.63. The summed E-state index contributed by atoms with van der Waals surface area (Å²) in [5, 5.41) is 8.97. The van der Waals surface area contributed by atoms with Gasteiger partial charge in [0.15, 0.2) is 18.2 Å². The third-order valence-electron chi connectivity index (χ3n) is 3.37. The van der Waals surface area contributed by atoms with E-state index >= 15 is 0 Å². The highest BCUT2D eigenvalue weighted by Crippen LogP contribution is 2.20. The predicted octanol–water partition coefficient (Wildman–Crippen LogP) is 2.85. The molecule has 6 nitrogen and oxygen atoms in total. The molecule has 0 spiro atoms. The first-order chi connectivity index (χ1) is 12.2. The first-order valence-electron chi connectivity index (χ1n) is 7.58. The van der Waals surface area contributed by atoms with E-state index in [4.69, 9.17) is 21.4 Å². The van der Waals surface area contributed by atoms with Gasteiger partial charge in [-0.2, -0.15) is 0 Å². The molecule has 0 bridgehead atoms. The summed E-state index contributed by atoms with van der Waals surface area (Å²) in [4.78, 5) is 10.5. The minimum absolute atomic E-state index is 0.0809. The number of hydrogen-bond acceptors (Lipinski definition) is 4. The van der Waals surface area contributed by atoms with Crippen LogP contribution >= 0.6 is 11.6 Å². The number of nitrogens with one attached hydrogen (secondary N) is 1. The number of rotatable bonds is 8. The monoisotopic (exact) mass is 401 g/mol. The Bertz CT molecular complexity index is 887. The van der Waals surface area contributed by atoms with Crippen molar-refractivity contribution >= 4 is 27.6 Å². The smallest absolute Gasteiger partial charge is 0.341 e. The van der Waals surface area contributed by atoms with E-state index in [2.05, 4.69) is 4.72 Å². The zero-order valence-electron chi connectivity index (χ0n) is 13.8. The molecule has 0 aliphatic rings. The Morgan fingerprint density at radius 3 is 2.50 bits per heavy atom. The highest BCUT2D eigenvalue weighted by Gasteiger charge is 2.18. The minimum Gasteiger partial charge on any atom is -0.479 e. The van der Waals surface area contributed by atoms with Crippen LogP contribution in [0.5, 0.6) is 5.75 Å². The Hall–Kier alpha value is -2.16. The zero-order valence-corrected chi connectivity index (χ0v) is 15.3. The van der Waals surface area contributed by atoms with E-state index in [1.165, 1.54) is 36.4 Å². The van der Waals surface area contributed by atoms with Crippen LogP contribution in [0, 0.1) is 5.82 Å². The lowest BCUT2D eigenvalue weighted by Crippen LogP contribution is -2.34. The number of sulfonamides is 1. The van der Waals surface area contributed by atoms with Gasteiger partial charge in [-0.05, 0) is 55.3 Å². The van der Waals surface area contributed by atoms with Crippen LogP contribution in [-0.2, 0) is 21.2 Å². The lowest BCUT2D eigenvalue weighted by molar-refractivity contribution is -0.139. The Labute approximate surface area is 155 Å². The van der Waals surface area contributed by atoms with Crippen molar-refractivity contribution < 1.29 is 27.4 Å². The summed E-state index contributed by atoms with van der Waals surface area (Å²) in [6, 6.07) is 9.29. The van der Waals surface area contributed by atoms with E-state index in [0.717, 1.165) is 0 Å². The van der Waals surface area contributed by atoms with Crippen LogP contribution < -0.4 is 9.46 Å². The quantitative estimate of drug-likeness (QED) is 0.709. The van der Waals surface area contributed by atoms with E-state index in [9.17, 15) is 17.6 Å². The average molecular weight is 402 g/mol. The molecule has 2 rings (SSSR count). The molecule has 0 saturated carbocycles. The molecule has 1 unspecified atom stereocenters. The molecule has 0 saturated heterocycles. The fourth-order valence-electron chi connectivity index (χ4n) is 2.27. The number of carboxylic acid groups (broad SMARTS) is 1. The van der Waals surface area contributed by atoms with Crippen molar-refractivity contribution in [3.05, 3.63) is 58.9 Å². The van der Waals surface area contributed by atoms with Gasteiger partial charge in [-0.1, -0.05) is 17.7 Å². The molecule has 1 atom stereocenters. The van der Waals surface area contributed by atoms with Crippen LogP contribution in [0.1, 0.15) is 12.5 Å². The summed E-state index contributed by atoms with van der Waals surface area (Å²) in [5.41, 5.74) is 0.538. The van der Waals surface area contributed by atoms with Gasteiger partial charge in [0.2, 0.25) is 10.0 Å². The first-order valence-corrected chi connectivity index (χ1v) is 9.44. The molecule has 2 N–H and O–H groups in total. The van der Waals surface area contributed by atoms with Crippen LogP contribution in [0.2, 0.25) is 5.02 Å². The van der Waals surface area contributed by atoms with Crippen molar-refractivity contribution in [2.75, 3.05) is 6.61 Å². The summed E-state index contributed by atoms with van der Waals surface area (Å²) in [7, 11) is -3.73. The lowest BCUT2D eigenvalue weighted by atomic mass is 10.1. The zero-order chi connectivity index (χ0) is 19.3. The third-order valence-corrected chi connectivity index (χ3v) is 5.23. The van der Waals surface area contributed by atoms with Gasteiger partial charge in [0.1, 0.15) is 0 Å². The SMILES string of the molecule is CC(Cc1ccc(OCC(=O)O)c(F)c1)NS(=O)(=O)c1ccc(Cl)cc1. The standard InChI is InChI=1S/C17H17ClFNO5S/c1-11(20-26(23,24)14-5-3-13(18)4-6-14)8-12-2-7-16(15(19)9-12)25-10-17(21)22/h2-7,9,11,20H,8,10H2,1H3,(H,21,22). The fourth-order valence-corrected chi connectivity index (χ4v) is 3.64. The van der Waals surface area contributed by atoms with Crippen LogP contribution in [0.15, 0.2) is 47.4 Å². The lowest BCUT2D eigenvalue weighted by Gasteiger charge is -2.15. The molecular formula is C17H17ClFNO5S. The van der Waals surface area contributed by atoms with Gasteiger partial charge in [-0.25, -0.2) is 22.3 Å². The van der Waals surface area contributed by atoms with E-state index in [0.29, 0.717) is 10.6 Å². The summed E-state index contributed by atoms with van der Waals surface area (Å²) < 4.78 is 45.9. The topological polar surface area (TPSA) is 92.7 Å². The van der Waals surface area contributed by atoms with Crippen molar-refractivity contribution in [2.45, 2.75) is 24.3 Å². The second-order valence-corrected chi connectivity index (χ2v) is 7.78. The number of aliphatic carboxylic acids is 1. The summed E-state index contributed by atoms with van der Waals surface area (Å²) in [6.45, 7) is 1.01. The largest absolute Gasteiger partial charge is 0.479 e. The van der Waals surface area contributed by atoms with Gasteiger partial charge >= 0.3 is 5.97 Å².